The van der Waals surface area contributed by atoms with E-state index in [1.165, 1.54) is 18.2 Å². The molecule has 1 amide bonds. The molecule has 0 radical (unpaired) electrons. The van der Waals surface area contributed by atoms with Crippen LogP contribution in [0, 0.1) is 17.7 Å². The van der Waals surface area contributed by atoms with Gasteiger partial charge in [-0.2, -0.15) is 4.72 Å². The van der Waals surface area contributed by atoms with Gasteiger partial charge in [0.25, 0.3) is 0 Å². The number of sulfonamides is 1. The van der Waals surface area contributed by atoms with Gasteiger partial charge in [-0.15, -0.1) is 0 Å². The van der Waals surface area contributed by atoms with Crippen LogP contribution in [0.15, 0.2) is 53.4 Å². The second kappa shape index (κ2) is 8.33. The third kappa shape index (κ3) is 4.73. The van der Waals surface area contributed by atoms with Crippen LogP contribution >= 0.6 is 0 Å². The van der Waals surface area contributed by atoms with E-state index in [-0.39, 0.29) is 12.5 Å². The van der Waals surface area contributed by atoms with Crippen LogP contribution < -0.4 is 9.62 Å². The second-order valence-electron chi connectivity index (χ2n) is 6.11. The summed E-state index contributed by atoms with van der Waals surface area (Å²) in [5, 5.41) is 0. The number of halogens is 1. The molecule has 0 bridgehead atoms. The summed E-state index contributed by atoms with van der Waals surface area (Å²) in [7, 11) is -3.94. The van der Waals surface area contributed by atoms with E-state index in [1.54, 1.807) is 17.0 Å². The van der Waals surface area contributed by atoms with E-state index in [0.29, 0.717) is 12.0 Å². The number of amides is 1. The van der Waals surface area contributed by atoms with Gasteiger partial charge in [-0.05, 0) is 49.2 Å². The minimum absolute atomic E-state index is 0.127. The third-order valence-corrected chi connectivity index (χ3v) is 5.65. The number of hydrogen-bond acceptors (Lipinski definition) is 3. The van der Waals surface area contributed by atoms with Crippen LogP contribution in [0.2, 0.25) is 0 Å². The molecule has 5 nitrogen and oxygen atoms in total. The van der Waals surface area contributed by atoms with Gasteiger partial charge in [0.1, 0.15) is 10.7 Å². The zero-order valence-corrected chi connectivity index (χ0v) is 15.4. The Morgan fingerprint density at radius 1 is 1.07 bits per heavy atom. The Balaban J connectivity index is 1.61. The molecule has 0 atom stereocenters. The highest BCUT2D eigenvalue weighted by Gasteiger charge is 2.19. The fourth-order valence-corrected chi connectivity index (χ4v) is 3.82. The highest BCUT2D eigenvalue weighted by Crippen LogP contribution is 2.21. The normalized spacial score (nSPS) is 14.6. The third-order valence-electron chi connectivity index (χ3n) is 4.21. The van der Waals surface area contributed by atoms with Gasteiger partial charge in [0.2, 0.25) is 15.9 Å². The zero-order chi connectivity index (χ0) is 19.3. The molecule has 2 aromatic rings. The largest absolute Gasteiger partial charge is 0.312 e. The molecule has 0 unspecified atom stereocenters. The van der Waals surface area contributed by atoms with Crippen LogP contribution in [0.5, 0.6) is 0 Å². The Kier molecular flexibility index (Phi) is 5.89. The van der Waals surface area contributed by atoms with Crippen LogP contribution in [0.4, 0.5) is 10.1 Å². The summed E-state index contributed by atoms with van der Waals surface area (Å²) >= 11 is 0. The first-order valence-electron chi connectivity index (χ1n) is 8.61. The molecular formula is C20H19FN2O3S. The number of carbonyl (C=O) groups is 1. The van der Waals surface area contributed by atoms with Crippen LogP contribution in [0.25, 0.3) is 0 Å². The predicted molar refractivity (Wildman–Crippen MR) is 101 cm³/mol. The number of nitrogens with zero attached hydrogens (tertiary/aromatic N) is 1. The zero-order valence-electron chi connectivity index (χ0n) is 14.6. The highest BCUT2D eigenvalue weighted by atomic mass is 32.2. The average Bonchev–Trinajstić information content (AvgIpc) is 2.66. The lowest BCUT2D eigenvalue weighted by Crippen LogP contribution is -2.35. The predicted octanol–water partition coefficient (Wildman–Crippen LogP) is 2.67. The topological polar surface area (TPSA) is 66.5 Å². The Hall–Kier alpha value is -2.69. The summed E-state index contributed by atoms with van der Waals surface area (Å²) in [4.78, 5) is 13.3. The molecule has 0 aliphatic carbocycles. The molecule has 0 saturated carbocycles. The molecule has 0 spiro atoms. The maximum Gasteiger partial charge on any atom is 0.244 e. The number of nitrogens with one attached hydrogen (secondary N) is 1. The number of hydrogen-bond donors (Lipinski definition) is 1. The quantitative estimate of drug-likeness (QED) is 0.822. The minimum Gasteiger partial charge on any atom is -0.312 e. The molecule has 27 heavy (non-hydrogen) atoms. The van der Waals surface area contributed by atoms with Gasteiger partial charge in [-0.1, -0.05) is 24.0 Å². The molecular weight excluding hydrogens is 367 g/mol. The van der Waals surface area contributed by atoms with Crippen LogP contribution in [-0.2, 0) is 14.8 Å². The smallest absolute Gasteiger partial charge is 0.244 e. The van der Waals surface area contributed by atoms with Gasteiger partial charge in [0.15, 0.2) is 0 Å². The van der Waals surface area contributed by atoms with Crippen LogP contribution in [0.1, 0.15) is 24.8 Å². The molecule has 1 fully saturated rings. The Morgan fingerprint density at radius 2 is 1.81 bits per heavy atom. The lowest BCUT2D eigenvalue weighted by molar-refractivity contribution is -0.119. The molecule has 1 N–H and O–H groups in total. The molecule has 2 aromatic carbocycles. The van der Waals surface area contributed by atoms with Gasteiger partial charge in [-0.25, -0.2) is 12.8 Å². The molecule has 140 valence electrons. The summed E-state index contributed by atoms with van der Waals surface area (Å²) in [6.07, 6.45) is 2.50. The Morgan fingerprint density at radius 3 is 2.52 bits per heavy atom. The van der Waals surface area contributed by atoms with E-state index in [0.717, 1.165) is 31.1 Å². The number of piperidine rings is 1. The molecule has 1 aliphatic rings. The summed E-state index contributed by atoms with van der Waals surface area (Å²) in [5.41, 5.74) is 1.54. The van der Waals surface area contributed by atoms with Crippen molar-refractivity contribution in [3.05, 3.63) is 59.9 Å². The molecule has 1 heterocycles. The van der Waals surface area contributed by atoms with Gasteiger partial charge < -0.3 is 4.90 Å². The lowest BCUT2D eigenvalue weighted by atomic mass is 10.1. The first kappa shape index (κ1) is 19.1. The maximum absolute atomic E-state index is 13.6. The SMILES string of the molecule is O=C1CCCCN1c1ccc(C#CCNS(=O)(=O)c2ccccc2F)cc1. The van der Waals surface area contributed by atoms with E-state index in [9.17, 15) is 17.6 Å². The highest BCUT2D eigenvalue weighted by molar-refractivity contribution is 7.89. The lowest BCUT2D eigenvalue weighted by Gasteiger charge is -2.26. The van der Waals surface area contributed by atoms with Gasteiger partial charge in [-0.3, -0.25) is 4.79 Å². The van der Waals surface area contributed by atoms with E-state index in [2.05, 4.69) is 16.6 Å². The molecule has 0 aromatic heterocycles. The van der Waals surface area contributed by atoms with Crippen molar-refractivity contribution in [3.8, 4) is 11.8 Å². The first-order valence-corrected chi connectivity index (χ1v) is 10.1. The summed E-state index contributed by atoms with van der Waals surface area (Å²) in [6.45, 7) is 0.588. The average molecular weight is 386 g/mol. The fourth-order valence-electron chi connectivity index (χ4n) is 2.82. The number of rotatable bonds is 4. The standard InChI is InChI=1S/C20H19FN2O3S/c21-18-7-1-2-8-19(18)27(25,26)22-14-5-6-16-10-12-17(13-11-16)23-15-4-3-9-20(23)24/h1-2,7-8,10-13,22H,3-4,9,14-15H2. The number of carbonyl (C=O) groups excluding carboxylic acids is 1. The minimum atomic E-state index is -3.94. The monoisotopic (exact) mass is 386 g/mol. The van der Waals surface area contributed by atoms with E-state index < -0.39 is 20.7 Å². The van der Waals surface area contributed by atoms with Crippen molar-refractivity contribution in [2.45, 2.75) is 24.2 Å². The first-order chi connectivity index (χ1) is 13.0. The van der Waals surface area contributed by atoms with Crippen molar-refractivity contribution in [2.75, 3.05) is 18.0 Å². The van der Waals surface area contributed by atoms with Crippen molar-refractivity contribution in [3.63, 3.8) is 0 Å². The van der Waals surface area contributed by atoms with Gasteiger partial charge in [0, 0.05) is 24.2 Å². The molecule has 7 heteroatoms. The summed E-state index contributed by atoms with van der Waals surface area (Å²) in [5.74, 6) is 4.88. The number of anilines is 1. The van der Waals surface area contributed by atoms with Crippen molar-refractivity contribution in [1.82, 2.24) is 4.72 Å². The molecule has 3 rings (SSSR count). The van der Waals surface area contributed by atoms with Gasteiger partial charge >= 0.3 is 0 Å². The van der Waals surface area contributed by atoms with Gasteiger partial charge in [0.05, 0.1) is 6.54 Å². The van der Waals surface area contributed by atoms with Crippen LogP contribution in [0.3, 0.4) is 0 Å². The Labute approximate surface area is 158 Å². The van der Waals surface area contributed by atoms with Crippen molar-refractivity contribution in [1.29, 1.82) is 0 Å². The number of benzene rings is 2. The summed E-state index contributed by atoms with van der Waals surface area (Å²) < 4.78 is 40.0. The van der Waals surface area contributed by atoms with Crippen LogP contribution in [-0.4, -0.2) is 27.4 Å². The van der Waals surface area contributed by atoms with E-state index in [4.69, 9.17) is 0 Å². The fraction of sp³-hybridized carbons (Fsp3) is 0.250. The Bertz CT molecular complexity index is 992. The van der Waals surface area contributed by atoms with Crippen molar-refractivity contribution in [2.24, 2.45) is 0 Å². The van der Waals surface area contributed by atoms with Crippen molar-refractivity contribution >= 4 is 21.6 Å². The molecule has 1 saturated heterocycles. The second-order valence-corrected chi connectivity index (χ2v) is 7.84. The van der Waals surface area contributed by atoms with E-state index in [1.807, 2.05) is 12.1 Å². The van der Waals surface area contributed by atoms with E-state index >= 15 is 0 Å². The maximum atomic E-state index is 13.6. The summed E-state index contributed by atoms with van der Waals surface area (Å²) in [6, 6.07) is 12.4. The van der Waals surface area contributed by atoms with Crippen molar-refractivity contribution < 1.29 is 17.6 Å². The molecule has 1 aliphatic heterocycles.